The molecule has 0 fully saturated rings. The first kappa shape index (κ1) is 6.56. The molecule has 0 aliphatic heterocycles. The molecule has 64 valence electrons. The lowest BCUT2D eigenvalue weighted by atomic mass is 10.2. The van der Waals surface area contributed by atoms with Crippen LogP contribution in [0.25, 0.3) is 0 Å². The molecule has 0 aliphatic carbocycles. The topological polar surface area (TPSA) is 63.4 Å². The maximum Gasteiger partial charge on any atom is 0.270 e. The first-order valence-corrected chi connectivity index (χ1v) is 3.78. The van der Waals surface area contributed by atoms with Crippen molar-refractivity contribution in [1.82, 2.24) is 0 Å². The van der Waals surface area contributed by atoms with Gasteiger partial charge in [-0.3, -0.25) is 10.1 Å². The molecule has 0 atom stereocenters. The van der Waals surface area contributed by atoms with Crippen molar-refractivity contribution in [3.05, 3.63) is 38.3 Å². The third kappa shape index (κ3) is 2.02. The summed E-state index contributed by atoms with van der Waals surface area (Å²) in [6.45, 7) is -2.57. The van der Waals surface area contributed by atoms with Crippen LogP contribution >= 0.6 is 15.9 Å². The van der Waals surface area contributed by atoms with E-state index in [0.717, 1.165) is 6.07 Å². The number of halogens is 1. The summed E-state index contributed by atoms with van der Waals surface area (Å²) in [6.07, 6.45) is 0. The van der Waals surface area contributed by atoms with Crippen LogP contribution in [0.2, 0.25) is 0 Å². The molecular weight excluding hydrogens is 226 g/mol. The number of aliphatic hydroxyl groups is 1. The van der Waals surface area contributed by atoms with E-state index in [4.69, 9.17) is 7.85 Å². The normalized spacial score (nSPS) is 13.5. The molecular formula is C7H6BrNO3. The summed E-state index contributed by atoms with van der Waals surface area (Å²) >= 11 is 2.99. The summed E-state index contributed by atoms with van der Waals surface area (Å²) in [7, 11) is 0. The number of nitrogens with zero attached hydrogens (tertiary/aromatic N) is 1. The quantitative estimate of drug-likeness (QED) is 0.627. The molecule has 0 aromatic heterocycles. The molecule has 0 bridgehead atoms. The predicted molar refractivity (Wildman–Crippen MR) is 46.7 cm³/mol. The summed E-state index contributed by atoms with van der Waals surface area (Å²) in [6, 6.07) is 3.51. The number of nitro benzene ring substituents is 1. The Hall–Kier alpha value is -0.940. The van der Waals surface area contributed by atoms with E-state index in [2.05, 4.69) is 15.9 Å². The van der Waals surface area contributed by atoms with E-state index in [-0.39, 0.29) is 11.3 Å². The Morgan fingerprint density at radius 2 is 2.33 bits per heavy atom. The highest BCUT2D eigenvalue weighted by molar-refractivity contribution is 9.10. The second kappa shape index (κ2) is 3.64. The smallest absolute Gasteiger partial charge is 0.270 e. The van der Waals surface area contributed by atoms with Gasteiger partial charge in [0.2, 0.25) is 0 Å². The number of rotatable bonds is 2. The number of benzene rings is 1. The van der Waals surface area contributed by atoms with E-state index in [1.807, 2.05) is 0 Å². The minimum absolute atomic E-state index is 0.154. The van der Waals surface area contributed by atoms with Gasteiger partial charge in [0.05, 0.1) is 14.2 Å². The lowest BCUT2D eigenvalue weighted by Gasteiger charge is -1.97. The van der Waals surface area contributed by atoms with Gasteiger partial charge < -0.3 is 5.11 Å². The molecule has 0 aliphatic rings. The minimum Gasteiger partial charge on any atom is -0.392 e. The maximum absolute atomic E-state index is 10.4. The fourth-order valence-electron chi connectivity index (χ4n) is 0.744. The summed E-state index contributed by atoms with van der Waals surface area (Å²) in [4.78, 5) is 9.76. The van der Waals surface area contributed by atoms with Crippen LogP contribution in [0.4, 0.5) is 5.69 Å². The van der Waals surface area contributed by atoms with Crippen molar-refractivity contribution < 1.29 is 12.8 Å². The largest absolute Gasteiger partial charge is 0.392 e. The molecule has 0 heterocycles. The number of hydrogen-bond donors (Lipinski definition) is 1. The van der Waals surface area contributed by atoms with E-state index < -0.39 is 11.5 Å². The molecule has 4 nitrogen and oxygen atoms in total. The highest BCUT2D eigenvalue weighted by Crippen LogP contribution is 2.20. The zero-order chi connectivity index (χ0) is 10.9. The zero-order valence-corrected chi connectivity index (χ0v) is 7.41. The molecule has 0 radical (unpaired) electrons. The van der Waals surface area contributed by atoms with Crippen molar-refractivity contribution in [2.24, 2.45) is 0 Å². The van der Waals surface area contributed by atoms with Crippen LogP contribution in [-0.2, 0) is 6.56 Å². The highest BCUT2D eigenvalue weighted by atomic mass is 79.9. The number of hydrogen-bond acceptors (Lipinski definition) is 3. The molecule has 5 heteroatoms. The van der Waals surface area contributed by atoms with Crippen molar-refractivity contribution in [3.8, 4) is 0 Å². The fraction of sp³-hybridized carbons (Fsp3) is 0.143. The average Bonchev–Trinajstić information content (AvgIpc) is 2.01. The number of nitro groups is 1. The summed E-state index contributed by atoms with van der Waals surface area (Å²) in [5.41, 5.74) is -0.425. The summed E-state index contributed by atoms with van der Waals surface area (Å²) in [5.74, 6) is 0. The van der Waals surface area contributed by atoms with Gasteiger partial charge in [-0.25, -0.2) is 0 Å². The highest BCUT2D eigenvalue weighted by Gasteiger charge is 2.07. The second-order valence-electron chi connectivity index (χ2n) is 2.07. The average molecular weight is 234 g/mol. The lowest BCUT2D eigenvalue weighted by molar-refractivity contribution is -0.385. The van der Waals surface area contributed by atoms with Crippen molar-refractivity contribution >= 4 is 21.6 Å². The Morgan fingerprint density at radius 3 is 2.83 bits per heavy atom. The molecule has 1 N–H and O–H groups in total. The van der Waals surface area contributed by atoms with E-state index in [9.17, 15) is 10.1 Å². The zero-order valence-electron chi connectivity index (χ0n) is 7.82. The van der Waals surface area contributed by atoms with Crippen LogP contribution in [-0.4, -0.2) is 10.0 Å². The van der Waals surface area contributed by atoms with Crippen LogP contribution in [0.5, 0.6) is 0 Å². The Bertz CT molecular complexity index is 378. The van der Waals surface area contributed by atoms with Crippen molar-refractivity contribution in [3.63, 3.8) is 0 Å². The second-order valence-corrected chi connectivity index (χ2v) is 2.98. The Labute approximate surface area is 79.9 Å². The Balaban J connectivity index is 3.28. The van der Waals surface area contributed by atoms with Crippen LogP contribution in [0.15, 0.2) is 22.7 Å². The summed E-state index contributed by atoms with van der Waals surface area (Å²) < 4.78 is 14.3. The SMILES string of the molecule is [2H]C([2H])(O)c1cc(Br)cc([N+](=O)[O-])c1. The van der Waals surface area contributed by atoms with Gasteiger partial charge in [-0.2, -0.15) is 0 Å². The monoisotopic (exact) mass is 233 g/mol. The lowest BCUT2D eigenvalue weighted by Crippen LogP contribution is -1.90. The van der Waals surface area contributed by atoms with Crippen LogP contribution in [0.1, 0.15) is 8.30 Å². The molecule has 0 saturated carbocycles. The van der Waals surface area contributed by atoms with Gasteiger partial charge in [-0.1, -0.05) is 15.9 Å². The molecule has 1 aromatic rings. The third-order valence-corrected chi connectivity index (χ3v) is 1.68. The van der Waals surface area contributed by atoms with E-state index in [1.54, 1.807) is 0 Å². The Morgan fingerprint density at radius 1 is 1.67 bits per heavy atom. The van der Waals surface area contributed by atoms with Gasteiger partial charge in [-0.15, -0.1) is 0 Å². The first-order chi connectivity index (χ1) is 6.30. The molecule has 0 unspecified atom stereocenters. The molecule has 0 saturated heterocycles. The first-order valence-electron chi connectivity index (χ1n) is 3.98. The predicted octanol–water partition coefficient (Wildman–Crippen LogP) is 1.85. The van der Waals surface area contributed by atoms with Gasteiger partial charge in [0, 0.05) is 16.6 Å². The number of non-ortho nitro benzene ring substituents is 1. The van der Waals surface area contributed by atoms with E-state index in [0.29, 0.717) is 4.47 Å². The van der Waals surface area contributed by atoms with Crippen LogP contribution in [0, 0.1) is 10.1 Å². The van der Waals surface area contributed by atoms with Crippen molar-refractivity contribution in [2.75, 3.05) is 0 Å². The van der Waals surface area contributed by atoms with Gasteiger partial charge in [0.15, 0.2) is 0 Å². The fourth-order valence-corrected chi connectivity index (χ4v) is 1.23. The minimum atomic E-state index is -2.57. The standard InChI is InChI=1S/C7H6BrNO3/c8-6-1-5(4-10)2-7(3-6)9(11)12/h1-3,10H,4H2/i4D2. The molecule has 0 amide bonds. The van der Waals surface area contributed by atoms with Gasteiger partial charge >= 0.3 is 0 Å². The van der Waals surface area contributed by atoms with Crippen molar-refractivity contribution in [2.45, 2.75) is 6.56 Å². The van der Waals surface area contributed by atoms with Crippen molar-refractivity contribution in [1.29, 1.82) is 0 Å². The van der Waals surface area contributed by atoms with E-state index in [1.165, 1.54) is 12.1 Å². The summed E-state index contributed by atoms with van der Waals surface area (Å²) in [5, 5.41) is 19.4. The Kier molecular flexibility index (Phi) is 1.99. The van der Waals surface area contributed by atoms with Gasteiger partial charge in [-0.05, 0) is 11.6 Å². The van der Waals surface area contributed by atoms with Crippen LogP contribution < -0.4 is 0 Å². The van der Waals surface area contributed by atoms with E-state index >= 15 is 0 Å². The molecule has 1 aromatic carbocycles. The maximum atomic E-state index is 10.4. The molecule has 12 heavy (non-hydrogen) atoms. The third-order valence-electron chi connectivity index (χ3n) is 1.22. The molecule has 0 spiro atoms. The van der Waals surface area contributed by atoms with Gasteiger partial charge in [0.1, 0.15) is 0 Å². The van der Waals surface area contributed by atoms with Crippen LogP contribution in [0.3, 0.4) is 0 Å². The molecule has 1 rings (SSSR count). The van der Waals surface area contributed by atoms with Gasteiger partial charge in [0.25, 0.3) is 5.69 Å².